The summed E-state index contributed by atoms with van der Waals surface area (Å²) in [6.07, 6.45) is 0.805. The van der Waals surface area contributed by atoms with Crippen molar-refractivity contribution < 1.29 is 9.59 Å². The first-order valence-corrected chi connectivity index (χ1v) is 8.61. The van der Waals surface area contributed by atoms with Gasteiger partial charge in [-0.15, -0.1) is 0 Å². The Balaban J connectivity index is 1.77. The number of anilines is 2. The first-order chi connectivity index (χ1) is 12.1. The van der Waals surface area contributed by atoms with Gasteiger partial charge < -0.3 is 15.1 Å². The minimum Gasteiger partial charge on any atom is -0.355 e. The molecule has 0 aliphatic carbocycles. The normalized spacial score (nSPS) is 14.8. The monoisotopic (exact) mass is 337 g/mol. The van der Waals surface area contributed by atoms with E-state index in [-0.39, 0.29) is 11.8 Å². The highest BCUT2D eigenvalue weighted by molar-refractivity contribution is 6.00. The lowest BCUT2D eigenvalue weighted by molar-refractivity contribution is -0.128. The van der Waals surface area contributed by atoms with E-state index in [1.807, 2.05) is 59.5 Å². The fourth-order valence-electron chi connectivity index (χ4n) is 3.06. The van der Waals surface area contributed by atoms with Crippen LogP contribution in [0.1, 0.15) is 23.7 Å². The van der Waals surface area contributed by atoms with Crippen LogP contribution in [-0.4, -0.2) is 47.8 Å². The van der Waals surface area contributed by atoms with E-state index in [0.29, 0.717) is 31.7 Å². The molecule has 1 fully saturated rings. The number of hydrogen-bond donors (Lipinski definition) is 1. The van der Waals surface area contributed by atoms with Crippen LogP contribution in [0, 0.1) is 0 Å². The number of nitrogens with one attached hydrogen (secondary N) is 1. The molecule has 5 nitrogen and oxygen atoms in total. The second-order valence-corrected chi connectivity index (χ2v) is 6.19. The fourth-order valence-corrected chi connectivity index (χ4v) is 3.06. The Hall–Kier alpha value is -2.82. The average molecular weight is 337 g/mol. The summed E-state index contributed by atoms with van der Waals surface area (Å²) in [5, 5.41) is 3.32. The quantitative estimate of drug-likeness (QED) is 0.936. The molecule has 1 saturated heterocycles. The Morgan fingerprint density at radius 2 is 1.48 bits per heavy atom. The van der Waals surface area contributed by atoms with Gasteiger partial charge in [-0.3, -0.25) is 9.59 Å². The number of amides is 2. The maximum Gasteiger partial charge on any atom is 0.256 e. The van der Waals surface area contributed by atoms with Crippen molar-refractivity contribution in [1.82, 2.24) is 9.80 Å². The molecule has 0 unspecified atom stereocenters. The van der Waals surface area contributed by atoms with Gasteiger partial charge in [0.15, 0.2) is 0 Å². The SMILES string of the molecule is CC(=O)N1CCCN(C(=O)c2ccccc2Nc2ccccc2)CC1. The number of nitrogens with zero attached hydrogens (tertiary/aromatic N) is 2. The van der Waals surface area contributed by atoms with Crippen LogP contribution in [0.25, 0.3) is 0 Å². The first kappa shape index (κ1) is 17.0. The van der Waals surface area contributed by atoms with Crippen LogP contribution in [0.5, 0.6) is 0 Å². The molecule has 25 heavy (non-hydrogen) atoms. The molecule has 0 aromatic heterocycles. The highest BCUT2D eigenvalue weighted by Crippen LogP contribution is 2.22. The molecule has 2 amide bonds. The zero-order valence-electron chi connectivity index (χ0n) is 14.4. The van der Waals surface area contributed by atoms with Crippen molar-refractivity contribution in [2.24, 2.45) is 0 Å². The Bertz CT molecular complexity index is 746. The zero-order valence-corrected chi connectivity index (χ0v) is 14.4. The number of benzene rings is 2. The molecule has 5 heteroatoms. The second-order valence-electron chi connectivity index (χ2n) is 6.19. The lowest BCUT2D eigenvalue weighted by atomic mass is 10.1. The average Bonchev–Trinajstić information content (AvgIpc) is 2.89. The van der Waals surface area contributed by atoms with Crippen molar-refractivity contribution in [3.8, 4) is 0 Å². The van der Waals surface area contributed by atoms with E-state index in [1.165, 1.54) is 0 Å². The topological polar surface area (TPSA) is 52.7 Å². The van der Waals surface area contributed by atoms with Crippen LogP contribution >= 0.6 is 0 Å². The summed E-state index contributed by atoms with van der Waals surface area (Å²) in [6, 6.07) is 17.4. The molecule has 1 N–H and O–H groups in total. The van der Waals surface area contributed by atoms with Gasteiger partial charge in [0.25, 0.3) is 5.91 Å². The Kier molecular flexibility index (Phi) is 5.33. The van der Waals surface area contributed by atoms with Gasteiger partial charge in [0.2, 0.25) is 5.91 Å². The summed E-state index contributed by atoms with van der Waals surface area (Å²) < 4.78 is 0. The largest absolute Gasteiger partial charge is 0.355 e. The van der Waals surface area contributed by atoms with E-state index in [0.717, 1.165) is 17.8 Å². The van der Waals surface area contributed by atoms with Gasteiger partial charge in [0.1, 0.15) is 0 Å². The minimum atomic E-state index is 0.00410. The van der Waals surface area contributed by atoms with Crippen LogP contribution in [0.4, 0.5) is 11.4 Å². The van der Waals surface area contributed by atoms with E-state index in [1.54, 1.807) is 11.8 Å². The molecule has 2 aromatic carbocycles. The number of carbonyl (C=O) groups excluding carboxylic acids is 2. The molecule has 1 aliphatic rings. The summed E-state index contributed by atoms with van der Waals surface area (Å²) in [5.74, 6) is 0.0740. The van der Waals surface area contributed by atoms with Gasteiger partial charge in [0.05, 0.1) is 11.3 Å². The van der Waals surface area contributed by atoms with Crippen molar-refractivity contribution in [2.45, 2.75) is 13.3 Å². The third-order valence-electron chi connectivity index (χ3n) is 4.44. The van der Waals surface area contributed by atoms with E-state index in [2.05, 4.69) is 5.32 Å². The van der Waals surface area contributed by atoms with Gasteiger partial charge in [-0.25, -0.2) is 0 Å². The van der Waals surface area contributed by atoms with Crippen molar-refractivity contribution in [1.29, 1.82) is 0 Å². The summed E-state index contributed by atoms with van der Waals surface area (Å²) in [5.41, 5.74) is 2.40. The first-order valence-electron chi connectivity index (χ1n) is 8.61. The van der Waals surface area contributed by atoms with Gasteiger partial charge in [-0.1, -0.05) is 30.3 Å². The fraction of sp³-hybridized carbons (Fsp3) is 0.300. The second kappa shape index (κ2) is 7.83. The third kappa shape index (κ3) is 4.18. The molecule has 0 bridgehead atoms. The lowest BCUT2D eigenvalue weighted by Gasteiger charge is -2.23. The molecule has 130 valence electrons. The Morgan fingerprint density at radius 1 is 0.840 bits per heavy atom. The number of carbonyl (C=O) groups is 2. The van der Waals surface area contributed by atoms with Crippen LogP contribution in [-0.2, 0) is 4.79 Å². The van der Waals surface area contributed by atoms with Crippen LogP contribution in [0.2, 0.25) is 0 Å². The van der Waals surface area contributed by atoms with Gasteiger partial charge in [0, 0.05) is 38.8 Å². The summed E-state index contributed by atoms with van der Waals surface area (Å²) in [6.45, 7) is 4.12. The van der Waals surface area contributed by atoms with E-state index in [9.17, 15) is 9.59 Å². The lowest BCUT2D eigenvalue weighted by Crippen LogP contribution is -2.36. The third-order valence-corrected chi connectivity index (χ3v) is 4.44. The minimum absolute atomic E-state index is 0.00410. The Labute approximate surface area is 148 Å². The van der Waals surface area contributed by atoms with Crippen molar-refractivity contribution in [2.75, 3.05) is 31.5 Å². The van der Waals surface area contributed by atoms with Gasteiger partial charge >= 0.3 is 0 Å². The maximum absolute atomic E-state index is 13.0. The Morgan fingerprint density at radius 3 is 2.24 bits per heavy atom. The van der Waals surface area contributed by atoms with Crippen molar-refractivity contribution >= 4 is 23.2 Å². The molecule has 0 saturated carbocycles. The standard InChI is InChI=1S/C20H23N3O2/c1-16(24)22-12-7-13-23(15-14-22)20(25)18-10-5-6-11-19(18)21-17-8-3-2-4-9-17/h2-6,8-11,21H,7,12-15H2,1H3. The molecular weight excluding hydrogens is 314 g/mol. The summed E-state index contributed by atoms with van der Waals surface area (Å²) in [7, 11) is 0. The molecule has 1 heterocycles. The highest BCUT2D eigenvalue weighted by Gasteiger charge is 2.22. The van der Waals surface area contributed by atoms with Crippen LogP contribution in [0.15, 0.2) is 54.6 Å². The summed E-state index contributed by atoms with van der Waals surface area (Å²) >= 11 is 0. The summed E-state index contributed by atoms with van der Waals surface area (Å²) in [4.78, 5) is 28.2. The molecule has 2 aromatic rings. The van der Waals surface area contributed by atoms with Crippen molar-refractivity contribution in [3.05, 3.63) is 60.2 Å². The van der Waals surface area contributed by atoms with Crippen LogP contribution < -0.4 is 5.32 Å². The maximum atomic E-state index is 13.0. The van der Waals surface area contributed by atoms with Crippen molar-refractivity contribution in [3.63, 3.8) is 0 Å². The van der Waals surface area contributed by atoms with E-state index in [4.69, 9.17) is 0 Å². The van der Waals surface area contributed by atoms with E-state index >= 15 is 0 Å². The molecule has 3 rings (SSSR count). The molecule has 0 spiro atoms. The predicted octanol–water partition coefficient (Wildman–Crippen LogP) is 3.12. The van der Waals surface area contributed by atoms with Gasteiger partial charge in [-0.2, -0.15) is 0 Å². The number of para-hydroxylation sites is 2. The number of hydrogen-bond acceptors (Lipinski definition) is 3. The molecular formula is C20H23N3O2. The smallest absolute Gasteiger partial charge is 0.256 e. The predicted molar refractivity (Wildman–Crippen MR) is 98.9 cm³/mol. The highest BCUT2D eigenvalue weighted by atomic mass is 16.2. The molecule has 0 radical (unpaired) electrons. The van der Waals surface area contributed by atoms with Crippen LogP contribution in [0.3, 0.4) is 0 Å². The molecule has 1 aliphatic heterocycles. The number of rotatable bonds is 3. The molecule has 0 atom stereocenters. The van der Waals surface area contributed by atoms with E-state index < -0.39 is 0 Å². The zero-order chi connectivity index (χ0) is 17.6. The van der Waals surface area contributed by atoms with Gasteiger partial charge in [-0.05, 0) is 30.7 Å².